The van der Waals surface area contributed by atoms with Gasteiger partial charge < -0.3 is 14.7 Å². The van der Waals surface area contributed by atoms with Crippen LogP contribution < -0.4 is 0 Å². The molecule has 0 aromatic heterocycles. The summed E-state index contributed by atoms with van der Waals surface area (Å²) in [5.41, 5.74) is -0.872. The fraction of sp³-hybridized carbons (Fsp3) is 0.833. The molecule has 0 aromatic rings. The molecule has 100 valence electrons. The summed E-state index contributed by atoms with van der Waals surface area (Å²) >= 11 is 0. The Kier molecular flexibility index (Phi) is 6.16. The fourth-order valence-electron chi connectivity index (χ4n) is 1.71. The molecule has 5 nitrogen and oxygen atoms in total. The Morgan fingerprint density at radius 3 is 2.24 bits per heavy atom. The molecule has 0 aliphatic rings. The lowest BCUT2D eigenvalue weighted by Gasteiger charge is -2.35. The molecule has 2 atom stereocenters. The van der Waals surface area contributed by atoms with Gasteiger partial charge in [-0.05, 0) is 27.2 Å². The van der Waals surface area contributed by atoms with Gasteiger partial charge in [-0.1, -0.05) is 6.92 Å². The summed E-state index contributed by atoms with van der Waals surface area (Å²) in [7, 11) is 1.50. The van der Waals surface area contributed by atoms with Crippen LogP contribution in [-0.2, 0) is 14.3 Å². The summed E-state index contributed by atoms with van der Waals surface area (Å²) in [4.78, 5) is 24.5. The number of carbonyl (C=O) groups is 2. The molecule has 0 aromatic carbocycles. The minimum absolute atomic E-state index is 0.0525. The summed E-state index contributed by atoms with van der Waals surface area (Å²) < 4.78 is 5.25. The number of ether oxygens (including phenoxy) is 1. The quantitative estimate of drug-likeness (QED) is 0.738. The monoisotopic (exact) mass is 245 g/mol. The molecular formula is C12H23NO4. The second-order valence-electron chi connectivity index (χ2n) is 4.33. The van der Waals surface area contributed by atoms with Crippen molar-refractivity contribution in [3.8, 4) is 0 Å². The summed E-state index contributed by atoms with van der Waals surface area (Å²) in [6.07, 6.45) is 0.502. The van der Waals surface area contributed by atoms with Gasteiger partial charge in [-0.2, -0.15) is 0 Å². The van der Waals surface area contributed by atoms with Crippen molar-refractivity contribution < 1.29 is 19.4 Å². The third-order valence-corrected chi connectivity index (χ3v) is 3.18. The number of hydrogen-bond donors (Lipinski definition) is 1. The van der Waals surface area contributed by atoms with E-state index in [2.05, 4.69) is 0 Å². The van der Waals surface area contributed by atoms with Crippen LogP contribution in [0.25, 0.3) is 0 Å². The topological polar surface area (TPSA) is 66.8 Å². The number of likely N-dealkylation sites (N-methyl/N-ethyl adjacent to an activating group) is 1. The smallest absolute Gasteiger partial charge is 0.305 e. The van der Waals surface area contributed by atoms with Gasteiger partial charge in [-0.3, -0.25) is 9.59 Å². The second-order valence-corrected chi connectivity index (χ2v) is 4.33. The van der Waals surface area contributed by atoms with E-state index in [1.54, 1.807) is 18.7 Å². The lowest BCUT2D eigenvalue weighted by Crippen LogP contribution is -2.51. The minimum Gasteiger partial charge on any atom is -0.481 e. The number of rotatable bonds is 7. The number of carboxylic acids is 1. The highest BCUT2D eigenvalue weighted by molar-refractivity contribution is 5.85. The number of carboxylic acid groups (broad SMARTS) is 1. The van der Waals surface area contributed by atoms with E-state index in [9.17, 15) is 9.59 Å². The highest BCUT2D eigenvalue weighted by Gasteiger charge is 2.36. The lowest BCUT2D eigenvalue weighted by molar-refractivity contribution is -0.156. The molecule has 1 amide bonds. The maximum Gasteiger partial charge on any atom is 0.305 e. The Morgan fingerprint density at radius 1 is 1.41 bits per heavy atom. The normalized spacial score (nSPS) is 16.1. The Hall–Kier alpha value is -1.10. The van der Waals surface area contributed by atoms with Crippen molar-refractivity contribution in [2.24, 2.45) is 0 Å². The SMILES string of the molecule is CCN(C(=O)C(C)(CC)OC)C(C)CC(=O)O. The molecule has 0 saturated carbocycles. The molecule has 1 N–H and O–H groups in total. The molecule has 0 aliphatic heterocycles. The molecule has 5 heteroatoms. The van der Waals surface area contributed by atoms with Crippen LogP contribution in [0, 0.1) is 0 Å². The van der Waals surface area contributed by atoms with Crippen LogP contribution in [0.5, 0.6) is 0 Å². The summed E-state index contributed by atoms with van der Waals surface area (Å²) in [5.74, 6) is -1.06. The van der Waals surface area contributed by atoms with Crippen molar-refractivity contribution in [1.29, 1.82) is 0 Å². The predicted octanol–water partition coefficient (Wildman–Crippen LogP) is 1.51. The van der Waals surface area contributed by atoms with Crippen LogP contribution in [0.3, 0.4) is 0 Å². The van der Waals surface area contributed by atoms with E-state index in [1.807, 2.05) is 13.8 Å². The average Bonchev–Trinajstić information content (AvgIpc) is 2.27. The minimum atomic E-state index is -0.903. The Morgan fingerprint density at radius 2 is 1.94 bits per heavy atom. The van der Waals surface area contributed by atoms with Gasteiger partial charge in [0.2, 0.25) is 0 Å². The maximum atomic E-state index is 12.3. The van der Waals surface area contributed by atoms with Crippen molar-refractivity contribution in [2.75, 3.05) is 13.7 Å². The van der Waals surface area contributed by atoms with Crippen LogP contribution in [0.2, 0.25) is 0 Å². The van der Waals surface area contributed by atoms with Crippen LogP contribution in [0.15, 0.2) is 0 Å². The zero-order valence-electron chi connectivity index (χ0n) is 11.3. The van der Waals surface area contributed by atoms with E-state index >= 15 is 0 Å². The van der Waals surface area contributed by atoms with Crippen molar-refractivity contribution in [3.63, 3.8) is 0 Å². The van der Waals surface area contributed by atoms with Gasteiger partial charge in [0, 0.05) is 19.7 Å². The summed E-state index contributed by atoms with van der Waals surface area (Å²) in [5, 5.41) is 8.76. The molecule has 0 radical (unpaired) electrons. The van der Waals surface area contributed by atoms with Gasteiger partial charge in [-0.15, -0.1) is 0 Å². The van der Waals surface area contributed by atoms with Gasteiger partial charge >= 0.3 is 5.97 Å². The summed E-state index contributed by atoms with van der Waals surface area (Å²) in [6, 6.07) is -0.328. The first-order valence-electron chi connectivity index (χ1n) is 5.90. The molecule has 0 bridgehead atoms. The molecule has 0 saturated heterocycles. The van der Waals surface area contributed by atoms with E-state index in [0.717, 1.165) is 0 Å². The molecule has 0 rings (SSSR count). The van der Waals surface area contributed by atoms with Crippen LogP contribution in [0.4, 0.5) is 0 Å². The van der Waals surface area contributed by atoms with Crippen molar-refractivity contribution >= 4 is 11.9 Å². The first kappa shape index (κ1) is 15.9. The molecule has 2 unspecified atom stereocenters. The number of aliphatic carboxylic acids is 1. The van der Waals surface area contributed by atoms with Crippen LogP contribution >= 0.6 is 0 Å². The van der Waals surface area contributed by atoms with E-state index in [-0.39, 0.29) is 18.4 Å². The molecule has 0 spiro atoms. The van der Waals surface area contributed by atoms with Crippen LogP contribution in [0.1, 0.15) is 40.5 Å². The second kappa shape index (κ2) is 6.59. The first-order chi connectivity index (χ1) is 7.82. The standard InChI is InChI=1S/C12H23NO4/c1-6-12(4,17-5)11(16)13(7-2)9(3)8-10(14)15/h9H,6-8H2,1-5H3,(H,14,15). The van der Waals surface area contributed by atoms with Gasteiger partial charge in [0.25, 0.3) is 5.91 Å². The molecule has 0 aliphatic carbocycles. The zero-order chi connectivity index (χ0) is 13.6. The van der Waals surface area contributed by atoms with Crippen molar-refractivity contribution in [2.45, 2.75) is 52.2 Å². The Balaban J connectivity index is 4.87. The lowest BCUT2D eigenvalue weighted by atomic mass is 10.00. The van der Waals surface area contributed by atoms with Crippen molar-refractivity contribution in [3.05, 3.63) is 0 Å². The molecule has 17 heavy (non-hydrogen) atoms. The number of hydrogen-bond acceptors (Lipinski definition) is 3. The van der Waals surface area contributed by atoms with Gasteiger partial charge in [0.05, 0.1) is 6.42 Å². The Labute approximate surface area is 103 Å². The summed E-state index contributed by atoms with van der Waals surface area (Å²) in [6.45, 7) is 7.65. The Bertz CT molecular complexity index is 274. The molecule has 0 fully saturated rings. The van der Waals surface area contributed by atoms with Gasteiger partial charge in [0.15, 0.2) is 0 Å². The van der Waals surface area contributed by atoms with Crippen LogP contribution in [-0.4, -0.2) is 47.2 Å². The molecule has 0 heterocycles. The maximum absolute atomic E-state index is 12.3. The van der Waals surface area contributed by atoms with Gasteiger partial charge in [0.1, 0.15) is 5.60 Å². The third-order valence-electron chi connectivity index (χ3n) is 3.18. The number of methoxy groups -OCH3 is 1. The van der Waals surface area contributed by atoms with E-state index < -0.39 is 11.6 Å². The fourth-order valence-corrected chi connectivity index (χ4v) is 1.71. The van der Waals surface area contributed by atoms with E-state index in [1.165, 1.54) is 7.11 Å². The predicted molar refractivity (Wildman–Crippen MR) is 64.8 cm³/mol. The van der Waals surface area contributed by atoms with Gasteiger partial charge in [-0.25, -0.2) is 0 Å². The number of amides is 1. The number of carbonyl (C=O) groups excluding carboxylic acids is 1. The first-order valence-corrected chi connectivity index (χ1v) is 5.90. The zero-order valence-corrected chi connectivity index (χ0v) is 11.3. The number of nitrogens with zero attached hydrogens (tertiary/aromatic N) is 1. The average molecular weight is 245 g/mol. The van der Waals surface area contributed by atoms with E-state index in [0.29, 0.717) is 13.0 Å². The highest BCUT2D eigenvalue weighted by atomic mass is 16.5. The largest absolute Gasteiger partial charge is 0.481 e. The highest BCUT2D eigenvalue weighted by Crippen LogP contribution is 2.20. The van der Waals surface area contributed by atoms with Crippen molar-refractivity contribution in [1.82, 2.24) is 4.90 Å². The molecular weight excluding hydrogens is 222 g/mol. The van der Waals surface area contributed by atoms with E-state index in [4.69, 9.17) is 9.84 Å². The third kappa shape index (κ3) is 4.00.